The Bertz CT molecular complexity index is 906. The van der Waals surface area contributed by atoms with Crippen molar-refractivity contribution in [2.45, 2.75) is 24.7 Å². The molecular weight excluding hydrogens is 386 g/mol. The van der Waals surface area contributed by atoms with Crippen molar-refractivity contribution in [2.24, 2.45) is 11.8 Å². The van der Waals surface area contributed by atoms with Crippen LogP contribution in [0.1, 0.15) is 35.8 Å². The number of piperazine rings is 1. The molecule has 162 valence electrons. The molecule has 0 bridgehead atoms. The summed E-state index contributed by atoms with van der Waals surface area (Å²) in [5, 5.41) is 3.12. The van der Waals surface area contributed by atoms with E-state index < -0.39 is 0 Å². The number of nitrogens with zero attached hydrogens (tertiary/aromatic N) is 2. The van der Waals surface area contributed by atoms with Crippen molar-refractivity contribution < 1.29 is 9.59 Å². The second-order valence-electron chi connectivity index (χ2n) is 9.18. The van der Waals surface area contributed by atoms with E-state index in [4.69, 9.17) is 0 Å². The first-order valence-corrected chi connectivity index (χ1v) is 11.6. The number of carbonyl (C=O) groups is 2. The van der Waals surface area contributed by atoms with Gasteiger partial charge in [0.25, 0.3) is 0 Å². The maximum absolute atomic E-state index is 12.8. The van der Waals surface area contributed by atoms with Gasteiger partial charge in [-0.3, -0.25) is 14.5 Å². The topological polar surface area (TPSA) is 52.7 Å². The molecule has 0 aromatic heterocycles. The number of hydrogen-bond donors (Lipinski definition) is 1. The van der Waals surface area contributed by atoms with E-state index in [1.165, 1.54) is 11.1 Å². The molecule has 2 aliphatic carbocycles. The molecule has 2 saturated carbocycles. The zero-order valence-electron chi connectivity index (χ0n) is 18.0. The summed E-state index contributed by atoms with van der Waals surface area (Å²) in [6.07, 6.45) is 1.95. The molecule has 5 heteroatoms. The van der Waals surface area contributed by atoms with Gasteiger partial charge in [0.2, 0.25) is 11.8 Å². The molecule has 0 spiro atoms. The molecular formula is C26H31N3O2. The SMILES string of the molecule is O=C(NCCN1CCN(C(=O)[C@H]2C[C@H]2c2ccccc2)CC1)[C@@H]1C[C@@H]1c1ccccc1. The van der Waals surface area contributed by atoms with E-state index in [1.54, 1.807) is 0 Å². The van der Waals surface area contributed by atoms with Gasteiger partial charge in [-0.25, -0.2) is 0 Å². The fourth-order valence-corrected chi connectivity index (χ4v) is 4.98. The molecule has 1 aliphatic heterocycles. The van der Waals surface area contributed by atoms with Crippen molar-refractivity contribution in [3.63, 3.8) is 0 Å². The molecule has 2 aromatic rings. The number of hydrogen-bond acceptors (Lipinski definition) is 3. The lowest BCUT2D eigenvalue weighted by Gasteiger charge is -2.35. The lowest BCUT2D eigenvalue weighted by Crippen LogP contribution is -2.50. The highest BCUT2D eigenvalue weighted by Gasteiger charge is 2.46. The monoisotopic (exact) mass is 417 g/mol. The first-order chi connectivity index (χ1) is 15.2. The van der Waals surface area contributed by atoms with Gasteiger partial charge in [0.15, 0.2) is 0 Å². The van der Waals surface area contributed by atoms with Gasteiger partial charge < -0.3 is 10.2 Å². The summed E-state index contributed by atoms with van der Waals surface area (Å²) < 4.78 is 0. The number of carbonyl (C=O) groups excluding carboxylic acids is 2. The van der Waals surface area contributed by atoms with E-state index in [1.807, 2.05) is 29.2 Å². The molecule has 2 aromatic carbocycles. The number of amides is 2. The van der Waals surface area contributed by atoms with Crippen LogP contribution in [0, 0.1) is 11.8 Å². The second kappa shape index (κ2) is 8.83. The van der Waals surface area contributed by atoms with Gasteiger partial charge in [0.1, 0.15) is 0 Å². The molecule has 1 N–H and O–H groups in total. The summed E-state index contributed by atoms with van der Waals surface area (Å²) in [6, 6.07) is 20.7. The Morgan fingerprint density at radius 1 is 0.774 bits per heavy atom. The summed E-state index contributed by atoms with van der Waals surface area (Å²) in [7, 11) is 0. The Hall–Kier alpha value is -2.66. The average Bonchev–Trinajstić information content (AvgIpc) is 3.74. The fraction of sp³-hybridized carbons (Fsp3) is 0.462. The Morgan fingerprint density at radius 2 is 1.32 bits per heavy atom. The van der Waals surface area contributed by atoms with Crippen LogP contribution in [0.15, 0.2) is 60.7 Å². The van der Waals surface area contributed by atoms with E-state index in [0.29, 0.717) is 24.3 Å². The maximum Gasteiger partial charge on any atom is 0.226 e. The summed E-state index contributed by atoms with van der Waals surface area (Å²) in [5.41, 5.74) is 2.56. The van der Waals surface area contributed by atoms with Crippen LogP contribution in [0.25, 0.3) is 0 Å². The summed E-state index contributed by atoms with van der Waals surface area (Å²) in [6.45, 7) is 4.91. The zero-order chi connectivity index (χ0) is 21.2. The van der Waals surface area contributed by atoms with E-state index in [-0.39, 0.29) is 17.7 Å². The minimum atomic E-state index is 0.132. The molecule has 4 atom stereocenters. The highest BCUT2D eigenvalue weighted by molar-refractivity contribution is 5.83. The second-order valence-corrected chi connectivity index (χ2v) is 9.18. The van der Waals surface area contributed by atoms with Crippen molar-refractivity contribution in [1.82, 2.24) is 15.1 Å². The molecule has 31 heavy (non-hydrogen) atoms. The van der Waals surface area contributed by atoms with Crippen LogP contribution in [0.3, 0.4) is 0 Å². The van der Waals surface area contributed by atoms with Gasteiger partial charge in [-0.1, -0.05) is 60.7 Å². The van der Waals surface area contributed by atoms with Crippen molar-refractivity contribution in [3.8, 4) is 0 Å². The zero-order valence-corrected chi connectivity index (χ0v) is 18.0. The Kier molecular flexibility index (Phi) is 5.77. The first kappa shape index (κ1) is 20.3. The van der Waals surface area contributed by atoms with Crippen molar-refractivity contribution in [2.75, 3.05) is 39.3 Å². The number of nitrogens with one attached hydrogen (secondary N) is 1. The molecule has 5 rings (SSSR count). The van der Waals surface area contributed by atoms with E-state index in [0.717, 1.165) is 45.6 Å². The van der Waals surface area contributed by atoms with Gasteiger partial charge in [-0.15, -0.1) is 0 Å². The minimum absolute atomic E-state index is 0.132. The van der Waals surface area contributed by atoms with Crippen LogP contribution in [0.4, 0.5) is 0 Å². The number of benzene rings is 2. The molecule has 3 aliphatic rings. The highest BCUT2D eigenvalue weighted by atomic mass is 16.2. The van der Waals surface area contributed by atoms with Gasteiger partial charge >= 0.3 is 0 Å². The lowest BCUT2D eigenvalue weighted by molar-refractivity contribution is -0.134. The lowest BCUT2D eigenvalue weighted by atomic mass is 10.1. The van der Waals surface area contributed by atoms with Crippen LogP contribution >= 0.6 is 0 Å². The first-order valence-electron chi connectivity index (χ1n) is 11.6. The molecule has 0 radical (unpaired) electrons. The van der Waals surface area contributed by atoms with Gasteiger partial charge in [0.05, 0.1) is 0 Å². The summed E-state index contributed by atoms with van der Waals surface area (Å²) in [5.74, 6) is 1.60. The van der Waals surface area contributed by atoms with Gasteiger partial charge in [-0.05, 0) is 35.8 Å². The summed E-state index contributed by atoms with van der Waals surface area (Å²) >= 11 is 0. The molecule has 1 heterocycles. The standard InChI is InChI=1S/C26H31N3O2/c30-25(23-17-21(23)19-7-3-1-4-8-19)27-11-12-28-13-15-29(16-14-28)26(31)24-18-22(24)20-9-5-2-6-10-20/h1-10,21-24H,11-18H2,(H,27,30)/t21-,22+,23-,24+/m1/s1. The van der Waals surface area contributed by atoms with Crippen molar-refractivity contribution in [3.05, 3.63) is 71.8 Å². The van der Waals surface area contributed by atoms with Crippen LogP contribution in [0.5, 0.6) is 0 Å². The normalized spacial score (nSPS) is 27.5. The molecule has 2 amide bonds. The van der Waals surface area contributed by atoms with Gasteiger partial charge in [-0.2, -0.15) is 0 Å². The average molecular weight is 418 g/mol. The van der Waals surface area contributed by atoms with Crippen LogP contribution < -0.4 is 5.32 Å². The highest BCUT2D eigenvalue weighted by Crippen LogP contribution is 2.48. The third-order valence-electron chi connectivity index (χ3n) is 7.10. The van der Waals surface area contributed by atoms with E-state index in [9.17, 15) is 9.59 Å². The largest absolute Gasteiger partial charge is 0.355 e. The van der Waals surface area contributed by atoms with Crippen LogP contribution in [-0.4, -0.2) is 60.9 Å². The Morgan fingerprint density at radius 3 is 1.94 bits per heavy atom. The smallest absolute Gasteiger partial charge is 0.226 e. The van der Waals surface area contributed by atoms with Crippen molar-refractivity contribution >= 4 is 11.8 Å². The number of rotatable bonds is 7. The predicted octanol–water partition coefficient (Wildman–Crippen LogP) is 2.85. The quantitative estimate of drug-likeness (QED) is 0.754. The minimum Gasteiger partial charge on any atom is -0.355 e. The maximum atomic E-state index is 12.8. The van der Waals surface area contributed by atoms with E-state index in [2.05, 4.69) is 46.6 Å². The Balaban J connectivity index is 0.998. The third-order valence-corrected chi connectivity index (χ3v) is 7.10. The molecule has 1 saturated heterocycles. The molecule has 0 unspecified atom stereocenters. The molecule has 3 fully saturated rings. The summed E-state index contributed by atoms with van der Waals surface area (Å²) in [4.78, 5) is 29.6. The Labute approximate surface area is 184 Å². The van der Waals surface area contributed by atoms with E-state index >= 15 is 0 Å². The van der Waals surface area contributed by atoms with Crippen LogP contribution in [0.2, 0.25) is 0 Å². The predicted molar refractivity (Wildman–Crippen MR) is 121 cm³/mol. The van der Waals surface area contributed by atoms with Gasteiger partial charge in [0, 0.05) is 51.1 Å². The fourth-order valence-electron chi connectivity index (χ4n) is 4.98. The van der Waals surface area contributed by atoms with Crippen molar-refractivity contribution in [1.29, 1.82) is 0 Å². The third kappa shape index (κ3) is 4.67. The van der Waals surface area contributed by atoms with Crippen LogP contribution in [-0.2, 0) is 9.59 Å². The molecule has 5 nitrogen and oxygen atoms in total.